The fourth-order valence-electron chi connectivity index (χ4n) is 3.97. The Morgan fingerprint density at radius 2 is 2.21 bits per heavy atom. The van der Waals surface area contributed by atoms with Crippen LogP contribution in [0.25, 0.3) is 0 Å². The van der Waals surface area contributed by atoms with Gasteiger partial charge < -0.3 is 9.80 Å². The maximum Gasteiger partial charge on any atom is 0.224 e. The third-order valence-electron chi connectivity index (χ3n) is 5.30. The van der Waals surface area contributed by atoms with Crippen molar-refractivity contribution in [3.8, 4) is 0 Å². The molecule has 2 aliphatic heterocycles. The predicted octanol–water partition coefficient (Wildman–Crippen LogP) is 2.18. The van der Waals surface area contributed by atoms with Crippen molar-refractivity contribution >= 4 is 23.4 Å². The van der Waals surface area contributed by atoms with Gasteiger partial charge in [-0.05, 0) is 26.2 Å². The summed E-state index contributed by atoms with van der Waals surface area (Å²) in [5.41, 5.74) is 0.0901. The van der Waals surface area contributed by atoms with E-state index in [4.69, 9.17) is 11.6 Å². The van der Waals surface area contributed by atoms with Gasteiger partial charge in [-0.25, -0.2) is 0 Å². The molecule has 2 aliphatic rings. The van der Waals surface area contributed by atoms with Crippen molar-refractivity contribution < 1.29 is 9.59 Å². The van der Waals surface area contributed by atoms with E-state index < -0.39 is 0 Å². The van der Waals surface area contributed by atoms with E-state index in [0.29, 0.717) is 24.4 Å². The maximum atomic E-state index is 12.6. The van der Waals surface area contributed by atoms with Crippen LogP contribution < -0.4 is 0 Å². The van der Waals surface area contributed by atoms with Gasteiger partial charge in [0.15, 0.2) is 0 Å². The first-order valence-electron chi connectivity index (χ1n) is 8.75. The highest BCUT2D eigenvalue weighted by atomic mass is 35.5. The number of carbonyl (C=O) groups is 2. The van der Waals surface area contributed by atoms with E-state index in [1.165, 1.54) is 0 Å². The van der Waals surface area contributed by atoms with Gasteiger partial charge in [0.25, 0.3) is 0 Å². The zero-order valence-electron chi connectivity index (χ0n) is 14.2. The molecule has 0 saturated carbocycles. The van der Waals surface area contributed by atoms with Gasteiger partial charge in [-0.15, -0.1) is 0 Å². The Hall–Kier alpha value is -1.56. The molecular weight excluding hydrogens is 328 g/mol. The molecule has 1 atom stereocenters. The van der Waals surface area contributed by atoms with E-state index in [0.717, 1.165) is 45.4 Å². The highest BCUT2D eigenvalue weighted by molar-refractivity contribution is 6.30. The molecule has 2 amide bonds. The topological polar surface area (TPSA) is 58.4 Å². The van der Waals surface area contributed by atoms with E-state index in [2.05, 4.69) is 5.10 Å². The fourth-order valence-corrected chi connectivity index (χ4v) is 4.13. The van der Waals surface area contributed by atoms with Crippen LogP contribution in [0.2, 0.25) is 5.02 Å². The van der Waals surface area contributed by atoms with Gasteiger partial charge in [0.1, 0.15) is 0 Å². The Kier molecular flexibility index (Phi) is 5.13. The van der Waals surface area contributed by atoms with Gasteiger partial charge in [0.05, 0.1) is 11.2 Å². The molecule has 0 aliphatic carbocycles. The number of hydrogen-bond acceptors (Lipinski definition) is 3. The standard InChI is InChI=1S/C17H25ClN4O2/c1-2-20-12-17(7-4-15(20)23)6-3-8-21(13-17)16(24)5-9-22-11-14(18)10-19-22/h10-11H,2-9,12-13H2,1H3/t17-/m0/s1. The first-order valence-corrected chi connectivity index (χ1v) is 9.13. The number of likely N-dealkylation sites (tertiary alicyclic amines) is 2. The average molecular weight is 353 g/mol. The number of aromatic nitrogens is 2. The molecule has 0 aromatic carbocycles. The fraction of sp³-hybridized carbons (Fsp3) is 0.706. The number of carbonyl (C=O) groups excluding carboxylic acids is 2. The molecular formula is C17H25ClN4O2. The van der Waals surface area contributed by atoms with Gasteiger partial charge in [-0.3, -0.25) is 14.3 Å². The summed E-state index contributed by atoms with van der Waals surface area (Å²) < 4.78 is 1.71. The van der Waals surface area contributed by atoms with Crippen molar-refractivity contribution in [1.82, 2.24) is 19.6 Å². The van der Waals surface area contributed by atoms with E-state index >= 15 is 0 Å². The predicted molar refractivity (Wildman–Crippen MR) is 91.6 cm³/mol. The average Bonchev–Trinajstić information content (AvgIpc) is 3.01. The summed E-state index contributed by atoms with van der Waals surface area (Å²) in [6.45, 7) is 5.72. The Bertz CT molecular complexity index is 617. The van der Waals surface area contributed by atoms with Crippen LogP contribution in [0.15, 0.2) is 12.4 Å². The van der Waals surface area contributed by atoms with Crippen LogP contribution in [0.4, 0.5) is 0 Å². The van der Waals surface area contributed by atoms with E-state index in [-0.39, 0.29) is 17.2 Å². The largest absolute Gasteiger partial charge is 0.342 e. The summed E-state index contributed by atoms with van der Waals surface area (Å²) in [6, 6.07) is 0. The van der Waals surface area contributed by atoms with Crippen molar-refractivity contribution in [2.45, 2.75) is 45.6 Å². The number of aryl methyl sites for hydroxylation is 1. The van der Waals surface area contributed by atoms with Crippen LogP contribution in [0, 0.1) is 5.41 Å². The van der Waals surface area contributed by atoms with Crippen molar-refractivity contribution in [3.63, 3.8) is 0 Å². The normalized spacial score (nSPS) is 24.7. The van der Waals surface area contributed by atoms with Crippen LogP contribution in [-0.2, 0) is 16.1 Å². The second-order valence-electron chi connectivity index (χ2n) is 7.00. The Morgan fingerprint density at radius 3 is 2.92 bits per heavy atom. The summed E-state index contributed by atoms with van der Waals surface area (Å²) >= 11 is 5.85. The van der Waals surface area contributed by atoms with Crippen LogP contribution >= 0.6 is 11.6 Å². The van der Waals surface area contributed by atoms with Crippen molar-refractivity contribution in [1.29, 1.82) is 0 Å². The number of piperidine rings is 2. The molecule has 0 radical (unpaired) electrons. The lowest BCUT2D eigenvalue weighted by Gasteiger charge is -2.48. The lowest BCUT2D eigenvalue weighted by Crippen LogP contribution is -2.55. The number of nitrogens with zero attached hydrogens (tertiary/aromatic N) is 4. The third kappa shape index (κ3) is 3.74. The summed E-state index contributed by atoms with van der Waals surface area (Å²) in [5, 5.41) is 4.70. The van der Waals surface area contributed by atoms with Crippen molar-refractivity contribution in [3.05, 3.63) is 17.4 Å². The van der Waals surface area contributed by atoms with E-state index in [1.807, 2.05) is 16.7 Å². The molecule has 3 rings (SSSR count). The molecule has 0 bridgehead atoms. The summed E-state index contributed by atoms with van der Waals surface area (Å²) in [5.74, 6) is 0.419. The highest BCUT2D eigenvalue weighted by Gasteiger charge is 2.42. The Labute approximate surface area is 147 Å². The summed E-state index contributed by atoms with van der Waals surface area (Å²) in [7, 11) is 0. The van der Waals surface area contributed by atoms with E-state index in [9.17, 15) is 9.59 Å². The van der Waals surface area contributed by atoms with Crippen molar-refractivity contribution in [2.75, 3.05) is 26.2 Å². The number of halogens is 1. The maximum absolute atomic E-state index is 12.6. The number of hydrogen-bond donors (Lipinski definition) is 0. The molecule has 2 saturated heterocycles. The number of rotatable bonds is 4. The van der Waals surface area contributed by atoms with Crippen molar-refractivity contribution in [2.24, 2.45) is 5.41 Å². The monoisotopic (exact) mass is 352 g/mol. The van der Waals surface area contributed by atoms with Gasteiger partial charge in [-0.1, -0.05) is 11.6 Å². The summed E-state index contributed by atoms with van der Waals surface area (Å²) in [4.78, 5) is 28.5. The Morgan fingerprint density at radius 1 is 1.38 bits per heavy atom. The van der Waals surface area contributed by atoms with Gasteiger partial charge in [-0.2, -0.15) is 5.10 Å². The molecule has 132 valence electrons. The minimum atomic E-state index is 0.0901. The van der Waals surface area contributed by atoms with Crippen LogP contribution in [0.5, 0.6) is 0 Å². The SMILES string of the molecule is CCN1C[C@]2(CCCN(C(=O)CCn3cc(Cl)cn3)C2)CCC1=O. The molecule has 1 spiro atoms. The molecule has 0 N–H and O–H groups in total. The highest BCUT2D eigenvalue weighted by Crippen LogP contribution is 2.38. The van der Waals surface area contributed by atoms with Crippen LogP contribution in [0.3, 0.4) is 0 Å². The zero-order valence-corrected chi connectivity index (χ0v) is 15.0. The molecule has 2 fully saturated rings. The van der Waals surface area contributed by atoms with E-state index in [1.54, 1.807) is 17.1 Å². The first kappa shape index (κ1) is 17.3. The molecule has 1 aromatic heterocycles. The second-order valence-corrected chi connectivity index (χ2v) is 7.43. The molecule has 1 aromatic rings. The Balaban J connectivity index is 1.58. The molecule has 0 unspecified atom stereocenters. The van der Waals surface area contributed by atoms with Crippen LogP contribution in [-0.4, -0.2) is 57.6 Å². The lowest BCUT2D eigenvalue weighted by molar-refractivity contribution is -0.142. The van der Waals surface area contributed by atoms with Gasteiger partial charge in [0, 0.05) is 57.2 Å². The smallest absolute Gasteiger partial charge is 0.224 e. The quantitative estimate of drug-likeness (QED) is 0.834. The minimum absolute atomic E-state index is 0.0901. The molecule has 3 heterocycles. The lowest BCUT2D eigenvalue weighted by atomic mass is 9.73. The number of amides is 2. The van der Waals surface area contributed by atoms with Crippen LogP contribution in [0.1, 0.15) is 39.0 Å². The summed E-state index contributed by atoms with van der Waals surface area (Å²) in [6.07, 6.45) is 7.39. The first-order chi connectivity index (χ1) is 11.5. The second kappa shape index (κ2) is 7.13. The molecule has 24 heavy (non-hydrogen) atoms. The minimum Gasteiger partial charge on any atom is -0.342 e. The van der Waals surface area contributed by atoms with Gasteiger partial charge >= 0.3 is 0 Å². The third-order valence-corrected chi connectivity index (χ3v) is 5.50. The molecule has 7 heteroatoms. The van der Waals surface area contributed by atoms with Gasteiger partial charge in [0.2, 0.25) is 11.8 Å². The molecule has 6 nitrogen and oxygen atoms in total. The zero-order chi connectivity index (χ0) is 17.2.